The van der Waals surface area contributed by atoms with Crippen molar-refractivity contribution in [3.63, 3.8) is 0 Å². The summed E-state index contributed by atoms with van der Waals surface area (Å²) < 4.78 is 66.1. The minimum atomic E-state index is -4.74. The van der Waals surface area contributed by atoms with Gasteiger partial charge in [0.2, 0.25) is 5.91 Å². The van der Waals surface area contributed by atoms with E-state index in [4.69, 9.17) is 0 Å². The Morgan fingerprint density at radius 1 is 0.697 bits per heavy atom. The summed E-state index contributed by atoms with van der Waals surface area (Å²) in [5.74, 6) is 0.0136. The number of anilines is 1. The van der Waals surface area contributed by atoms with E-state index in [1.807, 2.05) is 32.9 Å². The van der Waals surface area contributed by atoms with E-state index < -0.39 is 36.1 Å². The van der Waals surface area contributed by atoms with E-state index >= 15 is 0 Å². The number of nitrogens with one attached hydrogen (secondary N) is 2. The maximum Gasteiger partial charge on any atom is 0.322 e. The Balaban J connectivity index is 0.000000301. The summed E-state index contributed by atoms with van der Waals surface area (Å²) in [6.07, 6.45) is 7.00. The summed E-state index contributed by atoms with van der Waals surface area (Å²) in [5, 5.41) is 6.11. The second kappa shape index (κ2) is 21.2. The molecular weight excluding hydrogens is 883 g/mol. The summed E-state index contributed by atoms with van der Waals surface area (Å²) in [6, 6.07) is 21.4. The van der Waals surface area contributed by atoms with Gasteiger partial charge >= 0.3 is 12.1 Å². The van der Waals surface area contributed by atoms with Crippen molar-refractivity contribution in [1.29, 1.82) is 0 Å². The minimum Gasteiger partial charge on any atom is -0.744 e. The molecule has 4 aromatic rings. The Morgan fingerprint density at radius 2 is 1.29 bits per heavy atom. The molecule has 8 rings (SSSR count). The predicted octanol–water partition coefficient (Wildman–Crippen LogP) is 4.87. The fraction of sp³-hybridized carbons (Fsp3) is 0.479. The summed E-state index contributed by atoms with van der Waals surface area (Å²) in [6.45, 7) is 11.5. The predicted molar refractivity (Wildman–Crippen MR) is 250 cm³/mol. The van der Waals surface area contributed by atoms with Crippen LogP contribution < -0.4 is 10.6 Å². The lowest BCUT2D eigenvalue weighted by Gasteiger charge is -2.43. The zero-order valence-electron chi connectivity index (χ0n) is 38.0. The highest BCUT2D eigenvalue weighted by Gasteiger charge is 2.35. The van der Waals surface area contributed by atoms with Crippen molar-refractivity contribution in [2.24, 2.45) is 0 Å². The number of amides is 5. The first-order valence-corrected chi connectivity index (χ1v) is 25.8. The summed E-state index contributed by atoms with van der Waals surface area (Å²) >= 11 is 0. The number of piperidine rings is 2. The van der Waals surface area contributed by atoms with Crippen LogP contribution in [-0.2, 0) is 50.7 Å². The maximum atomic E-state index is 14.2. The van der Waals surface area contributed by atoms with Gasteiger partial charge in [-0.2, -0.15) is 0 Å². The van der Waals surface area contributed by atoms with Crippen molar-refractivity contribution in [1.82, 2.24) is 29.8 Å². The lowest BCUT2D eigenvalue weighted by atomic mass is 9.96. The molecule has 5 amide bonds. The first-order chi connectivity index (χ1) is 31.5. The number of carbonyl (C=O) groups is 3. The zero-order chi connectivity index (χ0) is 47.2. The summed E-state index contributed by atoms with van der Waals surface area (Å²) in [5.41, 5.74) is 5.76. The standard InChI is InChI=1S/C38H55N7O3.C10H8O6S2/c1-4-29-11-10-28(26-30(29)5-2)27-35(36(46)43-24-22-42(23-25-43)32-13-17-41(3)18-14-32)40-37(47)44-19-15-33(16-20-44)45-21-12-31-8-6-7-9-34(31)39-38(45)48;11-17(12,13)9-5-1-3-7-8(9)4-2-6-10(7)18(14,15)16/h6-11,26,32-33,35H,4-5,12-25,27H2,1-3H3,(H,39,48)(H,40,47);1-6H,(H,11,12,13)(H,14,15,16)/p-2/t35-;/m1./s1. The molecule has 4 aliphatic rings. The monoisotopic (exact) mass is 943 g/mol. The van der Waals surface area contributed by atoms with Crippen LogP contribution in [0.5, 0.6) is 0 Å². The number of benzene rings is 4. The van der Waals surface area contributed by atoms with Gasteiger partial charge in [-0.15, -0.1) is 0 Å². The van der Waals surface area contributed by atoms with Gasteiger partial charge < -0.3 is 39.3 Å². The largest absolute Gasteiger partial charge is 0.744 e. The Kier molecular flexibility index (Phi) is 15.7. The Morgan fingerprint density at radius 3 is 1.88 bits per heavy atom. The average Bonchev–Trinajstić information content (AvgIpc) is 3.48. The van der Waals surface area contributed by atoms with Gasteiger partial charge in [0.25, 0.3) is 0 Å². The van der Waals surface area contributed by atoms with Crippen LogP contribution in [0.15, 0.2) is 88.7 Å². The van der Waals surface area contributed by atoms with Gasteiger partial charge in [0.05, 0.1) is 9.79 Å². The quantitative estimate of drug-likeness (QED) is 0.205. The number of rotatable bonds is 10. The molecule has 3 fully saturated rings. The molecule has 4 aliphatic heterocycles. The van der Waals surface area contributed by atoms with Crippen molar-refractivity contribution < 1.29 is 40.3 Å². The van der Waals surface area contributed by atoms with Gasteiger partial charge in [0.1, 0.15) is 26.3 Å². The highest BCUT2D eigenvalue weighted by Crippen LogP contribution is 2.29. The molecule has 18 heteroatoms. The lowest BCUT2D eigenvalue weighted by molar-refractivity contribution is -0.135. The Hall–Kier alpha value is -5.11. The van der Waals surface area contributed by atoms with E-state index in [9.17, 15) is 40.3 Å². The molecular formula is C48H61N7O9S2-2. The molecule has 0 aliphatic carbocycles. The highest BCUT2D eigenvalue weighted by molar-refractivity contribution is 7.86. The normalized spacial score (nSPS) is 18.7. The molecule has 0 radical (unpaired) electrons. The molecule has 0 spiro atoms. The number of aryl methyl sites for hydroxylation is 2. The van der Waals surface area contributed by atoms with Gasteiger partial charge in [-0.3, -0.25) is 9.69 Å². The third-order valence-corrected chi connectivity index (χ3v) is 15.4. The SMILES string of the molecule is CCc1ccc(C[C@@H](NC(=O)N2CCC(N3CCc4ccccc4NC3=O)CC2)C(=O)N2CCN(C3CCN(C)CC3)CC2)cc1CC.O=S(=O)([O-])c1cccc2c(S(=O)(=O)[O-])cccc12. The van der Waals surface area contributed by atoms with E-state index in [1.54, 1.807) is 0 Å². The molecule has 16 nitrogen and oxygen atoms in total. The Bertz CT molecular complexity index is 2530. The van der Waals surface area contributed by atoms with E-state index in [1.165, 1.54) is 48.2 Å². The van der Waals surface area contributed by atoms with Gasteiger partial charge in [-0.05, 0) is 106 Å². The number of nitrogens with zero attached hydrogens (tertiary/aromatic N) is 5. The molecule has 0 bridgehead atoms. The van der Waals surface area contributed by atoms with Gasteiger partial charge in [0.15, 0.2) is 0 Å². The molecule has 0 unspecified atom stereocenters. The highest BCUT2D eigenvalue weighted by atomic mass is 32.2. The number of hydrogen-bond acceptors (Lipinski definition) is 11. The van der Waals surface area contributed by atoms with Crippen LogP contribution in [0.1, 0.15) is 61.8 Å². The summed E-state index contributed by atoms with van der Waals surface area (Å²) in [4.78, 5) is 50.7. The number of fused-ring (bicyclic) bond motifs is 2. The van der Waals surface area contributed by atoms with Crippen LogP contribution in [0.2, 0.25) is 0 Å². The lowest BCUT2D eigenvalue weighted by Crippen LogP contribution is -2.59. The second-order valence-electron chi connectivity index (χ2n) is 17.7. The van der Waals surface area contributed by atoms with Crippen molar-refractivity contribution in [2.45, 2.75) is 93.1 Å². The first kappa shape index (κ1) is 48.8. The van der Waals surface area contributed by atoms with E-state index in [0.717, 1.165) is 74.4 Å². The number of para-hydroxylation sites is 1. The maximum absolute atomic E-state index is 14.2. The van der Waals surface area contributed by atoms with Crippen LogP contribution in [0.25, 0.3) is 10.8 Å². The fourth-order valence-corrected chi connectivity index (χ4v) is 11.2. The van der Waals surface area contributed by atoms with E-state index in [2.05, 4.69) is 65.6 Å². The van der Waals surface area contributed by atoms with Crippen LogP contribution in [-0.4, -0.2) is 152 Å². The molecule has 66 heavy (non-hydrogen) atoms. The topological polar surface area (TPSA) is 206 Å². The first-order valence-electron chi connectivity index (χ1n) is 23.0. The zero-order valence-corrected chi connectivity index (χ0v) is 39.6. The van der Waals surface area contributed by atoms with Crippen molar-refractivity contribution in [3.05, 3.63) is 101 Å². The molecule has 356 valence electrons. The Labute approximate surface area is 388 Å². The van der Waals surface area contributed by atoms with Crippen LogP contribution in [0, 0.1) is 0 Å². The van der Waals surface area contributed by atoms with Gasteiger partial charge in [-0.25, -0.2) is 26.4 Å². The molecule has 0 aromatic heterocycles. The minimum absolute atomic E-state index is 0.0136. The fourth-order valence-electron chi connectivity index (χ4n) is 9.85. The number of hydrogen-bond donors (Lipinski definition) is 2. The third-order valence-electron chi connectivity index (χ3n) is 13.6. The number of urea groups is 2. The van der Waals surface area contributed by atoms with Gasteiger partial charge in [0, 0.05) is 80.8 Å². The molecule has 4 heterocycles. The molecule has 2 N–H and O–H groups in total. The van der Waals surface area contributed by atoms with Crippen LogP contribution >= 0.6 is 0 Å². The van der Waals surface area contributed by atoms with E-state index in [0.29, 0.717) is 58.0 Å². The number of carbonyl (C=O) groups excluding carboxylic acids is 3. The van der Waals surface area contributed by atoms with E-state index in [-0.39, 0.29) is 34.8 Å². The van der Waals surface area contributed by atoms with Gasteiger partial charge in [-0.1, -0.05) is 74.5 Å². The summed E-state index contributed by atoms with van der Waals surface area (Å²) in [7, 11) is -7.29. The molecule has 1 atom stereocenters. The van der Waals surface area contributed by atoms with Crippen LogP contribution in [0.3, 0.4) is 0 Å². The average molecular weight is 944 g/mol. The van der Waals surface area contributed by atoms with Crippen LogP contribution in [0.4, 0.5) is 15.3 Å². The smallest absolute Gasteiger partial charge is 0.322 e. The molecule has 3 saturated heterocycles. The third kappa shape index (κ3) is 11.7. The van der Waals surface area contributed by atoms with Crippen molar-refractivity contribution in [2.75, 3.05) is 71.3 Å². The second-order valence-corrected chi connectivity index (χ2v) is 20.4. The molecule has 0 saturated carbocycles. The molecule has 4 aromatic carbocycles. The number of likely N-dealkylation sites (tertiary alicyclic amines) is 2. The van der Waals surface area contributed by atoms with Crippen molar-refractivity contribution in [3.8, 4) is 0 Å². The van der Waals surface area contributed by atoms with Crippen molar-refractivity contribution >= 4 is 54.7 Å². The number of piperazine rings is 1.